The summed E-state index contributed by atoms with van der Waals surface area (Å²) >= 11 is 9.50. The first kappa shape index (κ1) is 15.1. The smallest absolute Gasteiger partial charge is 0.124 e. The van der Waals surface area contributed by atoms with Gasteiger partial charge in [-0.3, -0.25) is 5.84 Å². The second-order valence-corrected chi connectivity index (χ2v) is 5.61. The van der Waals surface area contributed by atoms with Crippen LogP contribution in [-0.2, 0) is 0 Å². The van der Waals surface area contributed by atoms with E-state index in [4.69, 9.17) is 27.9 Å². The Kier molecular flexibility index (Phi) is 4.88. The van der Waals surface area contributed by atoms with Gasteiger partial charge in [0.1, 0.15) is 5.75 Å². The van der Waals surface area contributed by atoms with Gasteiger partial charge in [0.05, 0.1) is 13.2 Å². The van der Waals surface area contributed by atoms with E-state index in [-0.39, 0.29) is 6.04 Å². The van der Waals surface area contributed by atoms with Gasteiger partial charge in [0.25, 0.3) is 0 Å². The van der Waals surface area contributed by atoms with Gasteiger partial charge in [-0.15, -0.1) is 0 Å². The molecule has 0 aromatic heterocycles. The first-order chi connectivity index (χ1) is 9.56. The summed E-state index contributed by atoms with van der Waals surface area (Å²) in [6, 6.07) is 10.7. The average molecular weight is 357 g/mol. The Bertz CT molecular complexity index is 621. The van der Waals surface area contributed by atoms with Crippen LogP contribution >= 0.6 is 27.5 Å². The van der Waals surface area contributed by atoms with Crippen LogP contribution in [0.1, 0.15) is 17.2 Å². The number of nitrogens with one attached hydrogen (secondary N) is 1. The van der Waals surface area contributed by atoms with Crippen molar-refractivity contribution >= 4 is 33.2 Å². The molecule has 0 amide bonds. The molecule has 1 atom stereocenters. The number of rotatable bonds is 4. The van der Waals surface area contributed by atoms with E-state index in [9.17, 15) is 0 Å². The lowest BCUT2D eigenvalue weighted by molar-refractivity contribution is 0.404. The second-order valence-electron chi connectivity index (χ2n) is 4.26. The molecule has 4 nitrogen and oxygen atoms in total. The van der Waals surface area contributed by atoms with Crippen LogP contribution < -0.4 is 21.7 Å². The number of methoxy groups -OCH3 is 1. The van der Waals surface area contributed by atoms with Gasteiger partial charge in [-0.2, -0.15) is 0 Å². The van der Waals surface area contributed by atoms with Crippen LogP contribution in [0.3, 0.4) is 0 Å². The van der Waals surface area contributed by atoms with Crippen molar-refractivity contribution in [2.24, 2.45) is 5.84 Å². The van der Waals surface area contributed by atoms with Crippen LogP contribution in [0, 0.1) is 0 Å². The summed E-state index contributed by atoms with van der Waals surface area (Å²) in [5.41, 5.74) is 11.1. The van der Waals surface area contributed by atoms with Crippen molar-refractivity contribution in [1.82, 2.24) is 5.43 Å². The van der Waals surface area contributed by atoms with Gasteiger partial charge in [0.2, 0.25) is 0 Å². The minimum atomic E-state index is -0.318. The monoisotopic (exact) mass is 355 g/mol. The molecule has 0 aliphatic rings. The maximum absolute atomic E-state index is 6.07. The summed E-state index contributed by atoms with van der Waals surface area (Å²) in [5, 5.41) is 0.606. The molecule has 0 bridgehead atoms. The first-order valence-electron chi connectivity index (χ1n) is 5.91. The number of nitrogen functional groups attached to an aromatic ring is 1. The Morgan fingerprint density at radius 3 is 2.60 bits per heavy atom. The second kappa shape index (κ2) is 6.45. The van der Waals surface area contributed by atoms with E-state index in [1.807, 2.05) is 24.3 Å². The lowest BCUT2D eigenvalue weighted by Crippen LogP contribution is -2.29. The molecule has 20 heavy (non-hydrogen) atoms. The summed E-state index contributed by atoms with van der Waals surface area (Å²) in [7, 11) is 1.60. The topological polar surface area (TPSA) is 73.3 Å². The van der Waals surface area contributed by atoms with E-state index >= 15 is 0 Å². The van der Waals surface area contributed by atoms with Gasteiger partial charge in [0, 0.05) is 20.7 Å². The number of hydrazine groups is 1. The van der Waals surface area contributed by atoms with Gasteiger partial charge >= 0.3 is 0 Å². The highest BCUT2D eigenvalue weighted by atomic mass is 79.9. The van der Waals surface area contributed by atoms with E-state index in [1.165, 1.54) is 0 Å². The number of hydrogen-bond donors (Lipinski definition) is 3. The molecular formula is C14H15BrClN3O. The molecule has 6 heteroatoms. The van der Waals surface area contributed by atoms with Crippen LogP contribution in [-0.4, -0.2) is 7.11 Å². The molecule has 0 radical (unpaired) electrons. The molecule has 5 N–H and O–H groups in total. The van der Waals surface area contributed by atoms with Crippen LogP contribution in [0.25, 0.3) is 0 Å². The third-order valence-corrected chi connectivity index (χ3v) is 3.76. The van der Waals surface area contributed by atoms with E-state index in [1.54, 1.807) is 19.2 Å². The van der Waals surface area contributed by atoms with Gasteiger partial charge < -0.3 is 10.5 Å². The fraction of sp³-hybridized carbons (Fsp3) is 0.143. The molecule has 2 aromatic carbocycles. The van der Waals surface area contributed by atoms with Crippen molar-refractivity contribution in [2.45, 2.75) is 6.04 Å². The van der Waals surface area contributed by atoms with E-state index in [0.29, 0.717) is 16.5 Å². The Morgan fingerprint density at radius 1 is 1.20 bits per heavy atom. The number of hydrogen-bond acceptors (Lipinski definition) is 4. The van der Waals surface area contributed by atoms with Crippen molar-refractivity contribution in [3.05, 3.63) is 57.0 Å². The van der Waals surface area contributed by atoms with Gasteiger partial charge in [-0.05, 0) is 42.0 Å². The van der Waals surface area contributed by atoms with Crippen molar-refractivity contribution < 1.29 is 4.74 Å². The molecule has 2 rings (SSSR count). The number of anilines is 1. The number of benzene rings is 2. The molecule has 0 fully saturated rings. The Labute approximate surface area is 131 Å². The molecule has 0 aliphatic heterocycles. The molecule has 106 valence electrons. The quantitative estimate of drug-likeness (QED) is 0.447. The van der Waals surface area contributed by atoms with Crippen LogP contribution in [0.15, 0.2) is 40.9 Å². The van der Waals surface area contributed by atoms with E-state index < -0.39 is 0 Å². The van der Waals surface area contributed by atoms with Crippen molar-refractivity contribution in [3.8, 4) is 5.75 Å². The minimum Gasteiger partial charge on any atom is -0.496 e. The number of ether oxygens (including phenoxy) is 1. The predicted octanol–water partition coefficient (Wildman–Crippen LogP) is 3.25. The fourth-order valence-corrected chi connectivity index (χ4v) is 2.63. The SMILES string of the molecule is COc1ccc(Cl)cc1C(NN)c1cc(Br)ccc1N. The highest BCUT2D eigenvalue weighted by Gasteiger charge is 2.20. The maximum atomic E-state index is 6.07. The molecule has 0 spiro atoms. The van der Waals surface area contributed by atoms with Crippen LogP contribution in [0.5, 0.6) is 5.75 Å². The number of halogens is 2. The van der Waals surface area contributed by atoms with E-state index in [0.717, 1.165) is 15.6 Å². The Morgan fingerprint density at radius 2 is 1.95 bits per heavy atom. The van der Waals surface area contributed by atoms with Gasteiger partial charge in [-0.25, -0.2) is 5.43 Å². The lowest BCUT2D eigenvalue weighted by Gasteiger charge is -2.21. The van der Waals surface area contributed by atoms with Crippen molar-refractivity contribution in [2.75, 3.05) is 12.8 Å². The molecule has 0 heterocycles. The molecule has 1 unspecified atom stereocenters. The van der Waals surface area contributed by atoms with E-state index in [2.05, 4.69) is 21.4 Å². The zero-order valence-corrected chi connectivity index (χ0v) is 13.2. The van der Waals surface area contributed by atoms with Crippen LogP contribution in [0.2, 0.25) is 5.02 Å². The molecule has 0 saturated carbocycles. The predicted molar refractivity (Wildman–Crippen MR) is 85.7 cm³/mol. The molecule has 0 aliphatic carbocycles. The molecule has 2 aromatic rings. The third-order valence-electron chi connectivity index (χ3n) is 3.03. The summed E-state index contributed by atoms with van der Waals surface area (Å²) in [6.45, 7) is 0. The summed E-state index contributed by atoms with van der Waals surface area (Å²) in [4.78, 5) is 0. The third kappa shape index (κ3) is 3.07. The average Bonchev–Trinajstić information content (AvgIpc) is 2.44. The number of nitrogens with two attached hydrogens (primary N) is 2. The summed E-state index contributed by atoms with van der Waals surface area (Å²) in [6.07, 6.45) is 0. The zero-order chi connectivity index (χ0) is 14.7. The zero-order valence-electron chi connectivity index (χ0n) is 10.9. The lowest BCUT2D eigenvalue weighted by atomic mass is 9.97. The van der Waals surface area contributed by atoms with Gasteiger partial charge in [-0.1, -0.05) is 27.5 Å². The Balaban J connectivity index is 2.57. The summed E-state index contributed by atoms with van der Waals surface area (Å²) < 4.78 is 6.29. The molecule has 0 saturated heterocycles. The largest absolute Gasteiger partial charge is 0.496 e. The van der Waals surface area contributed by atoms with Crippen LogP contribution in [0.4, 0.5) is 5.69 Å². The van der Waals surface area contributed by atoms with Crippen molar-refractivity contribution in [1.29, 1.82) is 0 Å². The highest BCUT2D eigenvalue weighted by molar-refractivity contribution is 9.10. The van der Waals surface area contributed by atoms with Crippen molar-refractivity contribution in [3.63, 3.8) is 0 Å². The highest BCUT2D eigenvalue weighted by Crippen LogP contribution is 2.35. The minimum absolute atomic E-state index is 0.318. The summed E-state index contributed by atoms with van der Waals surface area (Å²) in [5.74, 6) is 6.40. The molecular weight excluding hydrogens is 342 g/mol. The maximum Gasteiger partial charge on any atom is 0.124 e. The fourth-order valence-electron chi connectivity index (χ4n) is 2.07. The normalized spacial score (nSPS) is 12.2. The first-order valence-corrected chi connectivity index (χ1v) is 7.08. The Hall–Kier alpha value is -1.27. The standard InChI is InChI=1S/C14H15BrClN3O/c1-20-13-5-3-9(16)7-11(13)14(19-18)10-6-8(15)2-4-12(10)17/h2-7,14,19H,17-18H2,1H3. The van der Waals surface area contributed by atoms with Gasteiger partial charge in [0.15, 0.2) is 0 Å².